The lowest BCUT2D eigenvalue weighted by Crippen LogP contribution is -2.64. The molecule has 2 aliphatic rings. The largest absolute Gasteiger partial charge is 0.328 e. The number of amides is 5. The molecule has 0 radical (unpaired) electrons. The second-order valence-corrected chi connectivity index (χ2v) is 4.58. The van der Waals surface area contributed by atoms with E-state index >= 15 is 0 Å². The molecule has 0 bridgehead atoms. The van der Waals surface area contributed by atoms with Gasteiger partial charge in [0.2, 0.25) is 0 Å². The molecule has 1 saturated heterocycles. The Morgan fingerprint density at radius 3 is 2.10 bits per heavy atom. The number of nitrogens with one attached hydrogen (secondary N) is 2. The molecule has 21 heavy (non-hydrogen) atoms. The Balaban J connectivity index is 2.32. The number of hydrogen-bond donors (Lipinski definition) is 2. The predicted molar refractivity (Wildman–Crippen MR) is 73.8 cm³/mol. The zero-order valence-corrected chi connectivity index (χ0v) is 11.7. The molecule has 0 aromatic carbocycles. The van der Waals surface area contributed by atoms with E-state index < -0.39 is 29.8 Å². The van der Waals surface area contributed by atoms with Crippen LogP contribution >= 0.6 is 0 Å². The first-order chi connectivity index (χ1) is 9.99. The van der Waals surface area contributed by atoms with E-state index in [1.165, 1.54) is 0 Å². The number of imide groups is 2. The maximum absolute atomic E-state index is 12.4. The molecular weight excluding hydrogens is 274 g/mol. The van der Waals surface area contributed by atoms with Gasteiger partial charge in [-0.15, -0.1) is 0 Å². The first-order valence-corrected chi connectivity index (χ1v) is 6.44. The van der Waals surface area contributed by atoms with Crippen LogP contribution in [0.5, 0.6) is 0 Å². The number of urea groups is 1. The number of hydrogen-bond acceptors (Lipinski definition) is 4. The van der Waals surface area contributed by atoms with E-state index in [-0.39, 0.29) is 6.54 Å². The van der Waals surface area contributed by atoms with Gasteiger partial charge in [-0.2, -0.15) is 0 Å². The molecule has 0 atom stereocenters. The summed E-state index contributed by atoms with van der Waals surface area (Å²) in [7, 11) is 0. The molecule has 2 N–H and O–H groups in total. The molecule has 0 aliphatic carbocycles. The molecule has 0 unspecified atom stereocenters. The molecule has 0 saturated carbocycles. The van der Waals surface area contributed by atoms with Crippen molar-refractivity contribution in [3.05, 3.63) is 35.5 Å². The highest BCUT2D eigenvalue weighted by atomic mass is 16.2. The van der Waals surface area contributed by atoms with Crippen molar-refractivity contribution in [1.29, 1.82) is 0 Å². The summed E-state index contributed by atoms with van der Waals surface area (Å²) in [5.41, 5.74) is 1.16. The molecule has 7 heteroatoms. The highest BCUT2D eigenvalue weighted by molar-refractivity contribution is 6.21. The van der Waals surface area contributed by atoms with Crippen molar-refractivity contribution in [3.63, 3.8) is 0 Å². The number of rotatable bonds is 3. The molecule has 5 amide bonds. The summed E-state index contributed by atoms with van der Waals surface area (Å²) < 4.78 is 0. The van der Waals surface area contributed by atoms with Gasteiger partial charge in [0.05, 0.1) is 0 Å². The SMILES string of the molecule is C/C=C\C1=C(/C=C\C)C(=O)N(C2C(=O)NC(=O)NC2=O)C1. The highest BCUT2D eigenvalue weighted by Crippen LogP contribution is 2.24. The summed E-state index contributed by atoms with van der Waals surface area (Å²) in [5, 5.41) is 3.99. The van der Waals surface area contributed by atoms with Gasteiger partial charge in [0, 0.05) is 12.1 Å². The van der Waals surface area contributed by atoms with Crippen molar-refractivity contribution in [2.45, 2.75) is 19.9 Å². The quantitative estimate of drug-likeness (QED) is 0.715. The third-order valence-electron chi connectivity index (χ3n) is 3.16. The minimum Gasteiger partial charge on any atom is -0.314 e. The minimum atomic E-state index is -1.33. The zero-order chi connectivity index (χ0) is 15.6. The molecule has 0 spiro atoms. The van der Waals surface area contributed by atoms with E-state index in [2.05, 4.69) is 0 Å². The van der Waals surface area contributed by atoms with Crippen LogP contribution in [0, 0.1) is 0 Å². The lowest BCUT2D eigenvalue weighted by Gasteiger charge is -2.28. The van der Waals surface area contributed by atoms with Crippen LogP contribution in [0.15, 0.2) is 35.5 Å². The summed E-state index contributed by atoms with van der Waals surface area (Å²) in [6.45, 7) is 3.73. The van der Waals surface area contributed by atoms with Crippen molar-refractivity contribution in [2.24, 2.45) is 0 Å². The summed E-state index contributed by atoms with van der Waals surface area (Å²) >= 11 is 0. The van der Waals surface area contributed by atoms with Gasteiger partial charge in [0.1, 0.15) is 0 Å². The van der Waals surface area contributed by atoms with Crippen molar-refractivity contribution in [1.82, 2.24) is 15.5 Å². The Morgan fingerprint density at radius 2 is 1.57 bits per heavy atom. The number of carbonyl (C=O) groups excluding carboxylic acids is 4. The van der Waals surface area contributed by atoms with Gasteiger partial charge in [-0.1, -0.05) is 24.3 Å². The molecule has 2 aliphatic heterocycles. The Kier molecular flexibility index (Phi) is 4.02. The van der Waals surface area contributed by atoms with E-state index in [1.54, 1.807) is 31.2 Å². The molecular formula is C14H15N3O4. The lowest BCUT2D eigenvalue weighted by atomic mass is 10.1. The van der Waals surface area contributed by atoms with Crippen LogP contribution in [-0.4, -0.2) is 41.2 Å². The molecule has 2 heterocycles. The lowest BCUT2D eigenvalue weighted by molar-refractivity contribution is -0.144. The van der Waals surface area contributed by atoms with Crippen molar-refractivity contribution < 1.29 is 19.2 Å². The number of nitrogens with zero attached hydrogens (tertiary/aromatic N) is 1. The first-order valence-electron chi connectivity index (χ1n) is 6.44. The third kappa shape index (κ3) is 2.62. The minimum absolute atomic E-state index is 0.141. The van der Waals surface area contributed by atoms with Gasteiger partial charge < -0.3 is 4.90 Å². The van der Waals surface area contributed by atoms with Gasteiger partial charge in [-0.25, -0.2) is 4.79 Å². The van der Waals surface area contributed by atoms with Gasteiger partial charge in [-0.3, -0.25) is 25.0 Å². The summed E-state index contributed by atoms with van der Waals surface area (Å²) in [4.78, 5) is 48.3. The molecule has 2 rings (SSSR count). The molecule has 0 aromatic heterocycles. The third-order valence-corrected chi connectivity index (χ3v) is 3.16. The van der Waals surface area contributed by atoms with Crippen molar-refractivity contribution in [3.8, 4) is 0 Å². The van der Waals surface area contributed by atoms with Crippen molar-refractivity contribution in [2.75, 3.05) is 6.54 Å². The molecule has 0 aromatic rings. The van der Waals surface area contributed by atoms with E-state index in [0.717, 1.165) is 10.5 Å². The standard InChI is InChI=1S/C14H15N3O4/c1-3-5-8-7-17(13(20)9(8)6-4-2)10-11(18)15-14(21)16-12(10)19/h3-6,10H,7H2,1-2H3,(H2,15,16,18,19,21)/b5-3-,6-4-. The van der Waals surface area contributed by atoms with E-state index in [1.807, 2.05) is 17.6 Å². The first kappa shape index (κ1) is 14.7. The van der Waals surface area contributed by atoms with Crippen LogP contribution in [0.2, 0.25) is 0 Å². The Morgan fingerprint density at radius 1 is 1.00 bits per heavy atom. The normalized spacial score (nSPS) is 21.0. The average Bonchev–Trinajstić information content (AvgIpc) is 2.68. The van der Waals surface area contributed by atoms with Crippen molar-refractivity contribution >= 4 is 23.8 Å². The Labute approximate surface area is 121 Å². The summed E-state index contributed by atoms with van der Waals surface area (Å²) in [6.07, 6.45) is 6.89. The molecule has 110 valence electrons. The van der Waals surface area contributed by atoms with Crippen LogP contribution in [0.1, 0.15) is 13.8 Å². The van der Waals surface area contributed by atoms with Crippen LogP contribution < -0.4 is 10.6 Å². The smallest absolute Gasteiger partial charge is 0.314 e. The van der Waals surface area contributed by atoms with Crippen LogP contribution in [-0.2, 0) is 14.4 Å². The Hall–Kier alpha value is -2.70. The number of allylic oxidation sites excluding steroid dienone is 2. The molecule has 7 nitrogen and oxygen atoms in total. The van der Waals surface area contributed by atoms with E-state index in [0.29, 0.717) is 5.57 Å². The summed E-state index contributed by atoms with van der Waals surface area (Å²) in [6, 6.07) is -2.21. The average molecular weight is 289 g/mol. The maximum atomic E-state index is 12.4. The highest BCUT2D eigenvalue weighted by Gasteiger charge is 2.44. The van der Waals surface area contributed by atoms with Crippen LogP contribution in [0.3, 0.4) is 0 Å². The monoisotopic (exact) mass is 289 g/mol. The number of barbiturate groups is 1. The Bertz CT molecular complexity index is 596. The van der Waals surface area contributed by atoms with Gasteiger partial charge in [0.25, 0.3) is 17.7 Å². The van der Waals surface area contributed by atoms with Gasteiger partial charge in [0.15, 0.2) is 6.04 Å². The summed E-state index contributed by atoms with van der Waals surface area (Å²) in [5.74, 6) is -2.00. The fourth-order valence-corrected chi connectivity index (χ4v) is 2.32. The second-order valence-electron chi connectivity index (χ2n) is 4.58. The maximum Gasteiger partial charge on any atom is 0.328 e. The van der Waals surface area contributed by atoms with E-state index in [9.17, 15) is 19.2 Å². The fourth-order valence-electron chi connectivity index (χ4n) is 2.32. The fraction of sp³-hybridized carbons (Fsp3) is 0.286. The van der Waals surface area contributed by atoms with Gasteiger partial charge >= 0.3 is 6.03 Å². The topological polar surface area (TPSA) is 95.6 Å². The second kappa shape index (κ2) is 5.74. The number of carbonyl (C=O) groups is 4. The van der Waals surface area contributed by atoms with Gasteiger partial charge in [-0.05, 0) is 19.4 Å². The predicted octanol–water partition coefficient (Wildman–Crippen LogP) is 0.0120. The molecule has 1 fully saturated rings. The van der Waals surface area contributed by atoms with E-state index in [4.69, 9.17) is 0 Å². The van der Waals surface area contributed by atoms with Crippen LogP contribution in [0.4, 0.5) is 4.79 Å². The zero-order valence-electron chi connectivity index (χ0n) is 11.7. The van der Waals surface area contributed by atoms with Crippen LogP contribution in [0.25, 0.3) is 0 Å².